The SMILES string of the molecule is O=C(O)C(CCN1CCN(c2ccncc2)CC1)Oc1ccccc1. The maximum atomic E-state index is 11.5. The molecule has 0 aliphatic carbocycles. The van der Waals surface area contributed by atoms with Crippen molar-refractivity contribution < 1.29 is 14.6 Å². The molecule has 0 bridgehead atoms. The van der Waals surface area contributed by atoms with Gasteiger partial charge in [0.05, 0.1) is 0 Å². The lowest BCUT2D eigenvalue weighted by atomic mass is 10.2. The minimum atomic E-state index is -0.917. The first kappa shape index (κ1) is 17.2. The Morgan fingerprint density at radius 2 is 1.76 bits per heavy atom. The number of carbonyl (C=O) groups is 1. The van der Waals surface area contributed by atoms with Crippen molar-refractivity contribution in [3.63, 3.8) is 0 Å². The molecule has 1 unspecified atom stereocenters. The van der Waals surface area contributed by atoms with Gasteiger partial charge in [0.25, 0.3) is 0 Å². The summed E-state index contributed by atoms with van der Waals surface area (Å²) in [7, 11) is 0. The number of para-hydroxylation sites is 1. The van der Waals surface area contributed by atoms with E-state index in [1.807, 2.05) is 30.3 Å². The van der Waals surface area contributed by atoms with E-state index in [2.05, 4.69) is 14.8 Å². The van der Waals surface area contributed by atoms with E-state index in [4.69, 9.17) is 4.74 Å². The summed E-state index contributed by atoms with van der Waals surface area (Å²) in [4.78, 5) is 20.1. The summed E-state index contributed by atoms with van der Waals surface area (Å²) < 4.78 is 5.61. The molecule has 6 heteroatoms. The molecule has 1 aromatic heterocycles. The Bertz CT molecular complexity index is 658. The van der Waals surface area contributed by atoms with Crippen LogP contribution in [0.1, 0.15) is 6.42 Å². The lowest BCUT2D eigenvalue weighted by molar-refractivity contribution is -0.145. The second kappa shape index (κ2) is 8.48. The fraction of sp³-hybridized carbons (Fsp3) is 0.368. The van der Waals surface area contributed by atoms with Gasteiger partial charge in [-0.3, -0.25) is 9.88 Å². The Morgan fingerprint density at radius 1 is 1.08 bits per heavy atom. The number of aromatic nitrogens is 1. The van der Waals surface area contributed by atoms with Crippen molar-refractivity contribution in [3.05, 3.63) is 54.9 Å². The van der Waals surface area contributed by atoms with E-state index in [1.54, 1.807) is 24.5 Å². The molecular weight excluding hydrogens is 318 g/mol. The van der Waals surface area contributed by atoms with Crippen molar-refractivity contribution in [1.29, 1.82) is 0 Å². The average molecular weight is 341 g/mol. The molecular formula is C19H23N3O3. The molecule has 1 aromatic carbocycles. The molecule has 3 rings (SSSR count). The highest BCUT2D eigenvalue weighted by Gasteiger charge is 2.23. The van der Waals surface area contributed by atoms with Gasteiger partial charge in [0.15, 0.2) is 6.10 Å². The van der Waals surface area contributed by atoms with Gasteiger partial charge in [-0.25, -0.2) is 4.79 Å². The van der Waals surface area contributed by atoms with Gasteiger partial charge in [0, 0.05) is 57.2 Å². The van der Waals surface area contributed by atoms with Crippen molar-refractivity contribution in [1.82, 2.24) is 9.88 Å². The van der Waals surface area contributed by atoms with Gasteiger partial charge in [-0.15, -0.1) is 0 Å². The first-order valence-electron chi connectivity index (χ1n) is 8.54. The zero-order valence-corrected chi connectivity index (χ0v) is 14.1. The zero-order valence-electron chi connectivity index (χ0n) is 14.1. The second-order valence-electron chi connectivity index (χ2n) is 6.08. The van der Waals surface area contributed by atoms with Crippen LogP contribution in [-0.4, -0.2) is 59.8 Å². The van der Waals surface area contributed by atoms with Crippen LogP contribution in [0.5, 0.6) is 5.75 Å². The number of anilines is 1. The smallest absolute Gasteiger partial charge is 0.344 e. The first-order chi connectivity index (χ1) is 12.2. The Balaban J connectivity index is 1.47. The number of piperazine rings is 1. The molecule has 1 N–H and O–H groups in total. The van der Waals surface area contributed by atoms with E-state index in [0.717, 1.165) is 26.2 Å². The third kappa shape index (κ3) is 4.93. The maximum Gasteiger partial charge on any atom is 0.344 e. The highest BCUT2D eigenvalue weighted by Crippen LogP contribution is 2.16. The lowest BCUT2D eigenvalue weighted by Gasteiger charge is -2.36. The van der Waals surface area contributed by atoms with Crippen molar-refractivity contribution in [2.45, 2.75) is 12.5 Å². The van der Waals surface area contributed by atoms with Crippen LogP contribution in [-0.2, 0) is 4.79 Å². The number of carboxylic acid groups (broad SMARTS) is 1. The van der Waals surface area contributed by atoms with Crippen LogP contribution in [0.2, 0.25) is 0 Å². The van der Waals surface area contributed by atoms with Crippen LogP contribution in [0.15, 0.2) is 54.9 Å². The highest BCUT2D eigenvalue weighted by molar-refractivity contribution is 5.72. The molecule has 1 fully saturated rings. The largest absolute Gasteiger partial charge is 0.479 e. The van der Waals surface area contributed by atoms with Crippen LogP contribution >= 0.6 is 0 Å². The molecule has 1 saturated heterocycles. The number of carboxylic acids is 1. The molecule has 0 radical (unpaired) electrons. The van der Waals surface area contributed by atoms with Crippen molar-refractivity contribution in [2.24, 2.45) is 0 Å². The molecule has 0 amide bonds. The molecule has 6 nitrogen and oxygen atoms in total. The predicted octanol–water partition coefficient (Wildman–Crippen LogP) is 2.13. The second-order valence-corrected chi connectivity index (χ2v) is 6.08. The quantitative estimate of drug-likeness (QED) is 0.832. The fourth-order valence-electron chi connectivity index (χ4n) is 2.98. The van der Waals surface area contributed by atoms with Crippen molar-refractivity contribution in [3.8, 4) is 5.75 Å². The van der Waals surface area contributed by atoms with Gasteiger partial charge in [0.2, 0.25) is 0 Å². The number of rotatable bonds is 7. The molecule has 2 aromatic rings. The summed E-state index contributed by atoms with van der Waals surface area (Å²) in [6, 6.07) is 13.2. The summed E-state index contributed by atoms with van der Waals surface area (Å²) in [5.74, 6) is -0.323. The number of benzene rings is 1. The number of pyridine rings is 1. The highest BCUT2D eigenvalue weighted by atomic mass is 16.5. The van der Waals surface area contributed by atoms with Crippen molar-refractivity contribution in [2.75, 3.05) is 37.6 Å². The van der Waals surface area contributed by atoms with Crippen LogP contribution in [0.25, 0.3) is 0 Å². The van der Waals surface area contributed by atoms with Crippen LogP contribution in [0, 0.1) is 0 Å². The lowest BCUT2D eigenvalue weighted by Crippen LogP contribution is -2.47. The summed E-state index contributed by atoms with van der Waals surface area (Å²) in [5.41, 5.74) is 1.19. The first-order valence-corrected chi connectivity index (χ1v) is 8.54. The molecule has 1 atom stereocenters. The minimum Gasteiger partial charge on any atom is -0.479 e. The number of nitrogens with zero attached hydrogens (tertiary/aromatic N) is 3. The standard InChI is InChI=1S/C19H23N3O3/c23-19(24)18(25-17-4-2-1-3-5-17)8-11-21-12-14-22(15-13-21)16-6-9-20-10-7-16/h1-7,9-10,18H,8,11-15H2,(H,23,24). The van der Waals surface area contributed by atoms with Crippen LogP contribution in [0.3, 0.4) is 0 Å². The summed E-state index contributed by atoms with van der Waals surface area (Å²) >= 11 is 0. The van der Waals surface area contributed by atoms with Gasteiger partial charge in [-0.1, -0.05) is 18.2 Å². The van der Waals surface area contributed by atoms with Gasteiger partial charge in [-0.05, 0) is 24.3 Å². The third-order valence-corrected chi connectivity index (χ3v) is 4.40. The van der Waals surface area contributed by atoms with E-state index in [-0.39, 0.29) is 0 Å². The maximum absolute atomic E-state index is 11.5. The molecule has 25 heavy (non-hydrogen) atoms. The molecule has 1 aliphatic rings. The molecule has 0 saturated carbocycles. The Morgan fingerprint density at radius 3 is 2.40 bits per heavy atom. The van der Waals surface area contributed by atoms with Gasteiger partial charge >= 0.3 is 5.97 Å². The summed E-state index contributed by atoms with van der Waals surface area (Å²) in [6.07, 6.45) is 3.26. The zero-order chi connectivity index (χ0) is 17.5. The molecule has 2 heterocycles. The number of ether oxygens (including phenoxy) is 1. The molecule has 1 aliphatic heterocycles. The number of hydrogen-bond donors (Lipinski definition) is 1. The van der Waals surface area contributed by atoms with E-state index >= 15 is 0 Å². The van der Waals surface area contributed by atoms with Crippen LogP contribution in [0.4, 0.5) is 5.69 Å². The van der Waals surface area contributed by atoms with Gasteiger partial charge < -0.3 is 14.7 Å². The molecule has 132 valence electrons. The average Bonchev–Trinajstić information content (AvgIpc) is 2.67. The Labute approximate surface area is 147 Å². The normalized spacial score (nSPS) is 16.4. The molecule has 0 spiro atoms. The van der Waals surface area contributed by atoms with E-state index in [0.29, 0.717) is 18.7 Å². The van der Waals surface area contributed by atoms with Crippen LogP contribution < -0.4 is 9.64 Å². The Kier molecular flexibility index (Phi) is 5.85. The number of aliphatic carboxylic acids is 1. The Hall–Kier alpha value is -2.60. The fourth-order valence-corrected chi connectivity index (χ4v) is 2.98. The summed E-state index contributed by atoms with van der Waals surface area (Å²) in [5, 5.41) is 9.40. The van der Waals surface area contributed by atoms with E-state index in [9.17, 15) is 9.90 Å². The summed E-state index contributed by atoms with van der Waals surface area (Å²) in [6.45, 7) is 4.41. The van der Waals surface area contributed by atoms with Gasteiger partial charge in [0.1, 0.15) is 5.75 Å². The third-order valence-electron chi connectivity index (χ3n) is 4.40. The van der Waals surface area contributed by atoms with Crippen molar-refractivity contribution >= 4 is 11.7 Å². The monoisotopic (exact) mass is 341 g/mol. The van der Waals surface area contributed by atoms with E-state index < -0.39 is 12.1 Å². The number of hydrogen-bond acceptors (Lipinski definition) is 5. The minimum absolute atomic E-state index is 0.472. The predicted molar refractivity (Wildman–Crippen MR) is 96.0 cm³/mol. The van der Waals surface area contributed by atoms with E-state index in [1.165, 1.54) is 5.69 Å². The topological polar surface area (TPSA) is 65.9 Å². The van der Waals surface area contributed by atoms with Gasteiger partial charge in [-0.2, -0.15) is 0 Å².